The van der Waals surface area contributed by atoms with Gasteiger partial charge in [0, 0.05) is 46.0 Å². The lowest BCUT2D eigenvalue weighted by Gasteiger charge is -2.28. The summed E-state index contributed by atoms with van der Waals surface area (Å²) in [4.78, 5) is 14.8. The van der Waals surface area contributed by atoms with E-state index in [1.165, 1.54) is 0 Å². The molecular weight excluding hydrogens is 302 g/mol. The van der Waals surface area contributed by atoms with Gasteiger partial charge in [0.2, 0.25) is 0 Å². The lowest BCUT2D eigenvalue weighted by molar-refractivity contribution is 0.500. The van der Waals surface area contributed by atoms with E-state index in [1.807, 2.05) is 13.0 Å². The van der Waals surface area contributed by atoms with E-state index >= 15 is 0 Å². The Bertz CT molecular complexity index is 754. The van der Waals surface area contributed by atoms with Gasteiger partial charge >= 0.3 is 5.63 Å². The molecule has 23 heavy (non-hydrogen) atoms. The summed E-state index contributed by atoms with van der Waals surface area (Å²) in [6.45, 7) is 14.3. The average molecular weight is 329 g/mol. The third-order valence-corrected chi connectivity index (χ3v) is 5.27. The van der Waals surface area contributed by atoms with Crippen LogP contribution in [0.25, 0.3) is 11.0 Å². The molecule has 0 fully saturated rings. The maximum absolute atomic E-state index is 12.6. The van der Waals surface area contributed by atoms with Crippen molar-refractivity contribution in [3.63, 3.8) is 0 Å². The Morgan fingerprint density at radius 1 is 1.26 bits per heavy atom. The molecule has 4 heteroatoms. The zero-order chi connectivity index (χ0) is 17.4. The topological polar surface area (TPSA) is 33.5 Å². The third kappa shape index (κ3) is 3.37. The summed E-state index contributed by atoms with van der Waals surface area (Å²) in [7, 11) is 3.73. The van der Waals surface area contributed by atoms with Crippen LogP contribution < -0.4 is 10.5 Å². The number of anilines is 1. The number of benzene rings is 1. The Balaban J connectivity index is 2.65. The molecule has 1 unspecified atom stereocenters. The first-order valence-corrected chi connectivity index (χ1v) is 8.78. The zero-order valence-corrected chi connectivity index (χ0v) is 16.0. The van der Waals surface area contributed by atoms with Crippen molar-refractivity contribution in [2.45, 2.75) is 52.5 Å². The molecule has 1 heterocycles. The first-order valence-electron chi connectivity index (χ1n) is 8.28. The highest BCUT2D eigenvalue weighted by molar-refractivity contribution is 6.15. The van der Waals surface area contributed by atoms with Gasteiger partial charge in [0.25, 0.3) is 0 Å². The molecule has 2 rings (SSSR count). The molecule has 1 aromatic carbocycles. The minimum atomic E-state index is -0.231. The number of nitrogens with zero attached hydrogens (tertiary/aromatic N) is 1. The Morgan fingerprint density at radius 2 is 1.87 bits per heavy atom. The standard InChI is InChI=1S/C19H26NO2Si/c1-7-20(8-2)14-9-10-15-12(3)17(13(4)19(5,6)23)18(21)22-16(15)11-14/h9-11,13H,7-8H2,1-6H3. The monoisotopic (exact) mass is 328 g/mol. The van der Waals surface area contributed by atoms with Crippen LogP contribution in [0, 0.1) is 6.92 Å². The van der Waals surface area contributed by atoms with E-state index < -0.39 is 0 Å². The Morgan fingerprint density at radius 3 is 2.39 bits per heavy atom. The molecule has 2 aromatic rings. The zero-order valence-electron chi connectivity index (χ0n) is 15.0. The van der Waals surface area contributed by atoms with Gasteiger partial charge in [0.1, 0.15) is 5.58 Å². The predicted octanol–water partition coefficient (Wildman–Crippen LogP) is 4.42. The van der Waals surface area contributed by atoms with E-state index in [4.69, 9.17) is 4.42 Å². The first-order chi connectivity index (χ1) is 10.7. The highest BCUT2D eigenvalue weighted by Crippen LogP contribution is 2.39. The van der Waals surface area contributed by atoms with Crippen LogP contribution in [0.1, 0.15) is 51.7 Å². The highest BCUT2D eigenvalue weighted by Gasteiger charge is 2.27. The van der Waals surface area contributed by atoms with Crippen LogP contribution >= 0.6 is 0 Å². The van der Waals surface area contributed by atoms with Crippen molar-refractivity contribution in [1.29, 1.82) is 0 Å². The van der Waals surface area contributed by atoms with Gasteiger partial charge in [0.05, 0.1) is 0 Å². The van der Waals surface area contributed by atoms with E-state index in [1.54, 1.807) is 0 Å². The molecule has 0 aliphatic carbocycles. The summed E-state index contributed by atoms with van der Waals surface area (Å²) in [6.07, 6.45) is 0. The van der Waals surface area contributed by atoms with Gasteiger partial charge < -0.3 is 9.32 Å². The Labute approximate surface area is 142 Å². The number of hydrogen-bond donors (Lipinski definition) is 0. The summed E-state index contributed by atoms with van der Waals surface area (Å²) in [5.41, 5.74) is 3.30. The summed E-state index contributed by atoms with van der Waals surface area (Å²) < 4.78 is 5.67. The molecule has 0 aliphatic heterocycles. The Hall–Kier alpha value is -1.55. The molecule has 3 nitrogen and oxygen atoms in total. The van der Waals surface area contributed by atoms with Crippen LogP contribution in [0.5, 0.6) is 0 Å². The molecule has 123 valence electrons. The van der Waals surface area contributed by atoms with Gasteiger partial charge in [-0.25, -0.2) is 4.79 Å². The second-order valence-corrected chi connectivity index (χ2v) is 8.01. The van der Waals surface area contributed by atoms with Crippen molar-refractivity contribution < 1.29 is 4.42 Å². The van der Waals surface area contributed by atoms with Gasteiger partial charge in [-0.15, -0.1) is 0 Å². The SMILES string of the molecule is CCN(CC)c1ccc2c(C)c(C(C)C(C)(C)[Si])c(=O)oc2c1. The van der Waals surface area contributed by atoms with Crippen molar-refractivity contribution in [2.75, 3.05) is 18.0 Å². The molecule has 3 radical (unpaired) electrons. The largest absolute Gasteiger partial charge is 0.422 e. The lowest BCUT2D eigenvalue weighted by atomic mass is 9.86. The fourth-order valence-corrected chi connectivity index (χ4v) is 3.15. The van der Waals surface area contributed by atoms with E-state index in [9.17, 15) is 4.79 Å². The number of fused-ring (bicyclic) bond motifs is 1. The minimum absolute atomic E-state index is 0.0577. The predicted molar refractivity (Wildman–Crippen MR) is 99.0 cm³/mol. The Kier molecular flexibility index (Phi) is 5.04. The van der Waals surface area contributed by atoms with Crippen molar-refractivity contribution >= 4 is 26.9 Å². The highest BCUT2D eigenvalue weighted by atomic mass is 28.1. The van der Waals surface area contributed by atoms with Crippen molar-refractivity contribution in [2.24, 2.45) is 0 Å². The van der Waals surface area contributed by atoms with Gasteiger partial charge in [0.15, 0.2) is 0 Å². The second kappa shape index (κ2) is 6.52. The molecule has 0 saturated heterocycles. The normalized spacial score (nSPS) is 13.3. The summed E-state index contributed by atoms with van der Waals surface area (Å²) >= 11 is 0. The van der Waals surface area contributed by atoms with Crippen molar-refractivity contribution in [3.8, 4) is 0 Å². The van der Waals surface area contributed by atoms with Crippen LogP contribution in [-0.4, -0.2) is 23.3 Å². The molecule has 0 bridgehead atoms. The average Bonchev–Trinajstić information content (AvgIpc) is 2.47. The molecule has 1 atom stereocenters. The van der Waals surface area contributed by atoms with Crippen molar-refractivity contribution in [1.82, 2.24) is 0 Å². The quantitative estimate of drug-likeness (QED) is 0.602. The maximum atomic E-state index is 12.6. The van der Waals surface area contributed by atoms with E-state index in [2.05, 4.69) is 61.9 Å². The molecule has 0 aliphatic rings. The number of rotatable bonds is 5. The van der Waals surface area contributed by atoms with Crippen LogP contribution in [-0.2, 0) is 0 Å². The molecule has 1 aromatic heterocycles. The number of aryl methyl sites for hydroxylation is 1. The molecule has 0 spiro atoms. The summed E-state index contributed by atoms with van der Waals surface area (Å²) in [5, 5.41) is 0.840. The van der Waals surface area contributed by atoms with Crippen LogP contribution in [0.2, 0.25) is 5.04 Å². The number of hydrogen-bond acceptors (Lipinski definition) is 3. The molecule has 0 saturated carbocycles. The van der Waals surface area contributed by atoms with Gasteiger partial charge in [-0.1, -0.05) is 20.8 Å². The first kappa shape index (κ1) is 17.8. The van der Waals surface area contributed by atoms with Gasteiger partial charge in [-0.3, -0.25) is 0 Å². The fraction of sp³-hybridized carbons (Fsp3) is 0.526. The fourth-order valence-electron chi connectivity index (χ4n) is 3.01. The third-order valence-electron chi connectivity index (χ3n) is 4.84. The summed E-state index contributed by atoms with van der Waals surface area (Å²) in [5.74, 6) is 0.0577. The smallest absolute Gasteiger partial charge is 0.340 e. The van der Waals surface area contributed by atoms with Gasteiger partial charge in [-0.2, -0.15) is 0 Å². The second-order valence-electron chi connectivity index (χ2n) is 6.72. The molecule has 0 amide bonds. The minimum Gasteiger partial charge on any atom is -0.422 e. The van der Waals surface area contributed by atoms with Gasteiger partial charge in [-0.05, 0) is 49.4 Å². The van der Waals surface area contributed by atoms with Crippen LogP contribution in [0.4, 0.5) is 5.69 Å². The van der Waals surface area contributed by atoms with Crippen LogP contribution in [0.3, 0.4) is 0 Å². The maximum Gasteiger partial charge on any atom is 0.340 e. The summed E-state index contributed by atoms with van der Waals surface area (Å²) in [6, 6.07) is 6.15. The van der Waals surface area contributed by atoms with Crippen molar-refractivity contribution in [3.05, 3.63) is 39.7 Å². The molecule has 0 N–H and O–H groups in total. The van der Waals surface area contributed by atoms with E-state index in [0.717, 1.165) is 35.3 Å². The molecular formula is C19H26NO2Si. The van der Waals surface area contributed by atoms with Crippen LogP contribution in [0.15, 0.2) is 27.4 Å². The lowest BCUT2D eigenvalue weighted by Crippen LogP contribution is -2.22. The van der Waals surface area contributed by atoms with E-state index in [-0.39, 0.29) is 16.6 Å². The van der Waals surface area contributed by atoms with E-state index in [0.29, 0.717) is 5.58 Å².